The summed E-state index contributed by atoms with van der Waals surface area (Å²) in [5.41, 5.74) is 0.776. The van der Waals surface area contributed by atoms with Gasteiger partial charge in [-0.1, -0.05) is 20.3 Å². The normalized spacial score (nSPS) is 29.8. The summed E-state index contributed by atoms with van der Waals surface area (Å²) in [6, 6.07) is 4.56. The largest absolute Gasteiger partial charge is 0.384 e. The Hall–Kier alpha value is -1.45. The lowest BCUT2D eigenvalue weighted by Gasteiger charge is -2.54. The molecular weight excluding hydrogens is 414 g/mol. The van der Waals surface area contributed by atoms with Crippen LogP contribution in [0.25, 0.3) is 0 Å². The van der Waals surface area contributed by atoms with Gasteiger partial charge in [-0.2, -0.15) is 3.71 Å². The molecule has 162 valence electrons. The molecule has 0 saturated heterocycles. The number of hydrogen-bond acceptors (Lipinski definition) is 6. The lowest BCUT2D eigenvalue weighted by molar-refractivity contribution is -0.0285. The number of carbonyl (C=O) groups excluding carboxylic acids is 1. The highest BCUT2D eigenvalue weighted by molar-refractivity contribution is 8.09. The van der Waals surface area contributed by atoms with Gasteiger partial charge in [0.2, 0.25) is 20.0 Å². The molecule has 3 rings (SSSR count). The highest BCUT2D eigenvalue weighted by Gasteiger charge is 2.53. The topological polar surface area (TPSA) is 97.8 Å². The Kier molecular flexibility index (Phi) is 5.41. The van der Waals surface area contributed by atoms with Crippen LogP contribution in [0.15, 0.2) is 18.2 Å². The van der Waals surface area contributed by atoms with Gasteiger partial charge in [-0.25, -0.2) is 16.8 Å². The zero-order valence-corrected chi connectivity index (χ0v) is 19.2. The number of hydrogen-bond donors (Lipinski definition) is 0. The fourth-order valence-electron chi connectivity index (χ4n) is 5.56. The first kappa shape index (κ1) is 22.2. The Morgan fingerprint density at radius 3 is 2.28 bits per heavy atom. The number of nitrogens with zero attached hydrogens (tertiary/aromatic N) is 1. The number of Topliss-reactive ketones (excluding diaryl/α,β-unsaturated/α-hetero) is 1. The lowest BCUT2D eigenvalue weighted by Crippen LogP contribution is -2.52. The van der Waals surface area contributed by atoms with E-state index in [0.717, 1.165) is 37.3 Å². The number of rotatable bonds is 5. The molecule has 0 amide bonds. The van der Waals surface area contributed by atoms with E-state index >= 15 is 0 Å². The first-order valence-corrected chi connectivity index (χ1v) is 13.3. The van der Waals surface area contributed by atoms with Crippen LogP contribution in [0, 0.1) is 11.3 Å². The molecule has 9 heteroatoms. The third-order valence-electron chi connectivity index (χ3n) is 6.65. The predicted molar refractivity (Wildman–Crippen MR) is 112 cm³/mol. The third kappa shape index (κ3) is 3.72. The molecule has 1 fully saturated rings. The molecule has 0 bridgehead atoms. The minimum absolute atomic E-state index is 0.00325. The molecular formula is C20H29NO6S2. The summed E-state index contributed by atoms with van der Waals surface area (Å²) >= 11 is 0. The zero-order chi connectivity index (χ0) is 21.8. The van der Waals surface area contributed by atoms with Crippen LogP contribution in [-0.2, 0) is 30.2 Å². The summed E-state index contributed by atoms with van der Waals surface area (Å²) < 4.78 is 54.8. The summed E-state index contributed by atoms with van der Waals surface area (Å²) in [5.74, 6) is 0.0346. The SMILES string of the molecule is COC[C@@]1(C)CCCC2(C)c3cc(N(S(C)(=O)=O)S(C)(=O)=O)ccc3C(=O)CC21. The van der Waals surface area contributed by atoms with Crippen LogP contribution in [0.3, 0.4) is 0 Å². The van der Waals surface area contributed by atoms with E-state index in [2.05, 4.69) is 13.8 Å². The van der Waals surface area contributed by atoms with Gasteiger partial charge in [-0.15, -0.1) is 0 Å². The number of sulfonamides is 2. The minimum Gasteiger partial charge on any atom is -0.384 e. The maximum absolute atomic E-state index is 13.0. The third-order valence-corrected chi connectivity index (χ3v) is 9.90. The van der Waals surface area contributed by atoms with Crippen molar-refractivity contribution in [3.05, 3.63) is 29.3 Å². The van der Waals surface area contributed by atoms with Crippen molar-refractivity contribution in [2.45, 2.75) is 44.9 Å². The number of benzene rings is 1. The van der Waals surface area contributed by atoms with Crippen molar-refractivity contribution < 1.29 is 26.4 Å². The van der Waals surface area contributed by atoms with Gasteiger partial charge in [0.25, 0.3) is 0 Å². The molecule has 0 aliphatic heterocycles. The van der Waals surface area contributed by atoms with Crippen molar-refractivity contribution in [3.8, 4) is 0 Å². The smallest absolute Gasteiger partial charge is 0.245 e. The molecule has 1 saturated carbocycles. The molecule has 0 spiro atoms. The van der Waals surface area contributed by atoms with Crippen LogP contribution >= 0.6 is 0 Å². The van der Waals surface area contributed by atoms with Crippen molar-refractivity contribution in [1.82, 2.24) is 0 Å². The monoisotopic (exact) mass is 443 g/mol. The van der Waals surface area contributed by atoms with Crippen molar-refractivity contribution in [1.29, 1.82) is 0 Å². The number of methoxy groups -OCH3 is 1. The van der Waals surface area contributed by atoms with E-state index in [-0.39, 0.29) is 28.2 Å². The van der Waals surface area contributed by atoms with Crippen LogP contribution in [0.5, 0.6) is 0 Å². The van der Waals surface area contributed by atoms with Crippen LogP contribution in [0.2, 0.25) is 0 Å². The summed E-state index contributed by atoms with van der Waals surface area (Å²) in [6.45, 7) is 4.78. The van der Waals surface area contributed by atoms with E-state index in [4.69, 9.17) is 4.74 Å². The lowest BCUT2D eigenvalue weighted by atomic mass is 9.50. The number of ketones is 1. The van der Waals surface area contributed by atoms with Crippen LogP contribution in [0.1, 0.15) is 55.5 Å². The Labute approximate surface area is 173 Å². The summed E-state index contributed by atoms with van der Waals surface area (Å²) in [5, 5.41) is 0. The number of anilines is 1. The van der Waals surface area contributed by atoms with Gasteiger partial charge in [0.15, 0.2) is 5.78 Å². The van der Waals surface area contributed by atoms with Crippen molar-refractivity contribution >= 4 is 31.5 Å². The summed E-state index contributed by atoms with van der Waals surface area (Å²) in [7, 11) is -6.45. The molecule has 1 aromatic rings. The van der Waals surface area contributed by atoms with Crippen LogP contribution < -0.4 is 3.71 Å². The summed E-state index contributed by atoms with van der Waals surface area (Å²) in [6.07, 6.45) is 4.87. The first-order valence-electron chi connectivity index (χ1n) is 9.61. The van der Waals surface area contributed by atoms with Gasteiger partial charge in [0.05, 0.1) is 24.8 Å². The van der Waals surface area contributed by atoms with Crippen LogP contribution in [-0.4, -0.2) is 48.8 Å². The van der Waals surface area contributed by atoms with E-state index in [1.165, 1.54) is 6.07 Å². The molecule has 3 atom stereocenters. The summed E-state index contributed by atoms with van der Waals surface area (Å²) in [4.78, 5) is 13.0. The average molecular weight is 444 g/mol. The van der Waals surface area contributed by atoms with Crippen molar-refractivity contribution in [2.24, 2.45) is 11.3 Å². The van der Waals surface area contributed by atoms with Gasteiger partial charge in [0.1, 0.15) is 0 Å². The standard InChI is InChI=1S/C20H29NO6S2/c1-19(13-27-3)9-6-10-20(2)16-11-14(21(28(4,23)24)29(5,25)26)7-8-15(16)17(22)12-18(19)20/h7-8,11,18H,6,9-10,12-13H2,1-5H3/t18?,19-,20?/m1/s1. The molecule has 0 aromatic heterocycles. The molecule has 2 unspecified atom stereocenters. The first-order chi connectivity index (χ1) is 13.2. The molecule has 1 aromatic carbocycles. The van der Waals surface area contributed by atoms with Gasteiger partial charge < -0.3 is 4.74 Å². The number of ether oxygens (including phenoxy) is 1. The number of fused-ring (bicyclic) bond motifs is 3. The molecule has 2 aliphatic carbocycles. The molecule has 0 heterocycles. The minimum atomic E-state index is -4.06. The van der Waals surface area contributed by atoms with Crippen molar-refractivity contribution in [2.75, 3.05) is 29.9 Å². The highest BCUT2D eigenvalue weighted by atomic mass is 32.3. The second-order valence-corrected chi connectivity index (χ2v) is 12.9. The van der Waals surface area contributed by atoms with Gasteiger partial charge in [0, 0.05) is 19.1 Å². The Bertz CT molecular complexity index is 1010. The Balaban J connectivity index is 2.22. The average Bonchev–Trinajstić information content (AvgIpc) is 2.55. The van der Waals surface area contributed by atoms with E-state index in [1.807, 2.05) is 0 Å². The van der Waals surface area contributed by atoms with Crippen molar-refractivity contribution in [3.63, 3.8) is 0 Å². The Morgan fingerprint density at radius 2 is 1.72 bits per heavy atom. The van der Waals surface area contributed by atoms with Gasteiger partial charge >= 0.3 is 0 Å². The van der Waals surface area contributed by atoms with E-state index in [9.17, 15) is 21.6 Å². The Morgan fingerprint density at radius 1 is 1.10 bits per heavy atom. The zero-order valence-electron chi connectivity index (χ0n) is 17.6. The molecule has 7 nitrogen and oxygen atoms in total. The molecule has 0 N–H and O–H groups in total. The maximum atomic E-state index is 13.0. The van der Waals surface area contributed by atoms with Crippen LogP contribution in [0.4, 0.5) is 5.69 Å². The van der Waals surface area contributed by atoms with E-state index in [0.29, 0.717) is 22.3 Å². The fourth-order valence-corrected chi connectivity index (χ4v) is 8.52. The molecule has 0 radical (unpaired) electrons. The second kappa shape index (κ2) is 7.06. The van der Waals surface area contributed by atoms with Gasteiger partial charge in [-0.3, -0.25) is 4.79 Å². The quantitative estimate of drug-likeness (QED) is 0.694. The predicted octanol–water partition coefficient (Wildman–Crippen LogP) is 2.71. The maximum Gasteiger partial charge on any atom is 0.245 e. The second-order valence-electron chi connectivity index (χ2n) is 8.99. The highest BCUT2D eigenvalue weighted by Crippen LogP contribution is 2.57. The number of carbonyl (C=O) groups is 1. The van der Waals surface area contributed by atoms with E-state index in [1.54, 1.807) is 19.2 Å². The molecule has 29 heavy (non-hydrogen) atoms. The van der Waals surface area contributed by atoms with E-state index < -0.39 is 20.0 Å². The van der Waals surface area contributed by atoms with Gasteiger partial charge in [-0.05, 0) is 53.4 Å². The fraction of sp³-hybridized carbons (Fsp3) is 0.650. The molecule has 2 aliphatic rings.